The minimum atomic E-state index is -0.238. The van der Waals surface area contributed by atoms with Gasteiger partial charge in [-0.15, -0.1) is 11.3 Å². The molecule has 0 unspecified atom stereocenters. The van der Waals surface area contributed by atoms with Gasteiger partial charge in [0.2, 0.25) is 0 Å². The quantitative estimate of drug-likeness (QED) is 0.751. The van der Waals surface area contributed by atoms with E-state index in [-0.39, 0.29) is 12.5 Å². The maximum absolute atomic E-state index is 11.8. The van der Waals surface area contributed by atoms with Crippen LogP contribution in [0.3, 0.4) is 0 Å². The van der Waals surface area contributed by atoms with Gasteiger partial charge in [-0.25, -0.2) is 4.98 Å². The topological polar surface area (TPSA) is 69.7 Å². The van der Waals surface area contributed by atoms with Gasteiger partial charge < -0.3 is 14.2 Å². The van der Waals surface area contributed by atoms with Crippen molar-refractivity contribution in [2.75, 3.05) is 39.4 Å². The molecule has 0 bridgehead atoms. The van der Waals surface area contributed by atoms with E-state index in [1.807, 2.05) is 30.5 Å². The van der Waals surface area contributed by atoms with Crippen LogP contribution < -0.4 is 10.1 Å². The first-order valence-corrected chi connectivity index (χ1v) is 7.99. The third-order valence-electron chi connectivity index (χ3n) is 3.05. The summed E-state index contributed by atoms with van der Waals surface area (Å²) in [7, 11) is 3.21. The van der Waals surface area contributed by atoms with Crippen molar-refractivity contribution in [2.45, 2.75) is 6.92 Å². The second kappa shape index (κ2) is 8.61. The zero-order chi connectivity index (χ0) is 16.7. The number of anilines is 1. The number of hydrogen-bond donors (Lipinski definition) is 1. The number of benzene rings is 1. The molecular weight excluding hydrogens is 316 g/mol. The Kier molecular flexibility index (Phi) is 6.52. The van der Waals surface area contributed by atoms with Crippen molar-refractivity contribution in [1.29, 1.82) is 0 Å². The summed E-state index contributed by atoms with van der Waals surface area (Å²) in [6.45, 7) is 2.83. The van der Waals surface area contributed by atoms with E-state index in [2.05, 4.69) is 10.3 Å². The van der Waals surface area contributed by atoms with Crippen LogP contribution in [0, 0.1) is 6.92 Å². The van der Waals surface area contributed by atoms with Crippen molar-refractivity contribution < 1.29 is 19.0 Å². The smallest absolute Gasteiger partial charge is 0.252 e. The summed E-state index contributed by atoms with van der Waals surface area (Å²) in [5.74, 6) is 0.514. The Morgan fingerprint density at radius 3 is 2.87 bits per heavy atom. The molecule has 0 radical (unpaired) electrons. The molecule has 0 aliphatic heterocycles. The normalized spacial score (nSPS) is 10.6. The first kappa shape index (κ1) is 17.4. The van der Waals surface area contributed by atoms with Gasteiger partial charge in [-0.1, -0.05) is 11.6 Å². The summed E-state index contributed by atoms with van der Waals surface area (Å²) >= 11 is 1.36. The van der Waals surface area contributed by atoms with Gasteiger partial charge in [0.15, 0.2) is 5.13 Å². The van der Waals surface area contributed by atoms with Crippen molar-refractivity contribution in [3.63, 3.8) is 0 Å². The van der Waals surface area contributed by atoms with E-state index in [1.165, 1.54) is 11.3 Å². The molecular formula is C16H20N2O4S. The third-order valence-corrected chi connectivity index (χ3v) is 3.80. The molecule has 1 N–H and O–H groups in total. The van der Waals surface area contributed by atoms with Crippen molar-refractivity contribution in [3.8, 4) is 17.0 Å². The number of nitrogens with one attached hydrogen (secondary N) is 1. The molecule has 1 heterocycles. The minimum absolute atomic E-state index is 0.0218. The summed E-state index contributed by atoms with van der Waals surface area (Å²) in [4.78, 5) is 16.2. The number of hydrogen-bond acceptors (Lipinski definition) is 6. The van der Waals surface area contributed by atoms with Gasteiger partial charge in [-0.05, 0) is 19.1 Å². The number of carbonyl (C=O) groups is 1. The lowest BCUT2D eigenvalue weighted by Gasteiger charge is -2.07. The van der Waals surface area contributed by atoms with Crippen LogP contribution in [-0.2, 0) is 14.3 Å². The summed E-state index contributed by atoms with van der Waals surface area (Å²) in [6, 6.07) is 5.90. The van der Waals surface area contributed by atoms with E-state index in [0.29, 0.717) is 18.3 Å². The molecule has 1 aromatic carbocycles. The van der Waals surface area contributed by atoms with E-state index in [4.69, 9.17) is 14.2 Å². The maximum Gasteiger partial charge on any atom is 0.252 e. The van der Waals surface area contributed by atoms with Crippen LogP contribution in [0.2, 0.25) is 0 Å². The number of methoxy groups -OCH3 is 2. The van der Waals surface area contributed by atoms with E-state index in [9.17, 15) is 4.79 Å². The average molecular weight is 336 g/mol. The van der Waals surface area contributed by atoms with Crippen LogP contribution >= 0.6 is 11.3 Å². The number of amides is 1. The van der Waals surface area contributed by atoms with Gasteiger partial charge in [0.1, 0.15) is 12.4 Å². The Morgan fingerprint density at radius 1 is 1.30 bits per heavy atom. The Hall–Kier alpha value is -1.96. The van der Waals surface area contributed by atoms with Gasteiger partial charge in [-0.2, -0.15) is 0 Å². The summed E-state index contributed by atoms with van der Waals surface area (Å²) < 4.78 is 15.4. The lowest BCUT2D eigenvalue weighted by Crippen LogP contribution is -2.19. The zero-order valence-corrected chi connectivity index (χ0v) is 14.2. The fourth-order valence-corrected chi connectivity index (χ4v) is 2.67. The molecule has 7 heteroatoms. The number of ether oxygens (including phenoxy) is 3. The van der Waals surface area contributed by atoms with Crippen molar-refractivity contribution in [1.82, 2.24) is 4.98 Å². The molecule has 0 spiro atoms. The molecule has 0 fully saturated rings. The highest BCUT2D eigenvalue weighted by Gasteiger charge is 2.12. The van der Waals surface area contributed by atoms with Crippen molar-refractivity contribution in [3.05, 3.63) is 29.1 Å². The molecule has 0 aliphatic carbocycles. The Labute approximate surface area is 139 Å². The zero-order valence-electron chi connectivity index (χ0n) is 13.4. The molecule has 0 atom stereocenters. The first-order valence-electron chi connectivity index (χ1n) is 7.11. The van der Waals surface area contributed by atoms with Crippen LogP contribution in [-0.4, -0.2) is 44.9 Å². The molecule has 6 nitrogen and oxygen atoms in total. The van der Waals surface area contributed by atoms with Crippen LogP contribution in [0.15, 0.2) is 23.6 Å². The molecule has 0 saturated carbocycles. The molecule has 124 valence electrons. The second-order valence-electron chi connectivity index (χ2n) is 4.84. The fourth-order valence-electron chi connectivity index (χ4n) is 1.94. The summed E-state index contributed by atoms with van der Waals surface area (Å²) in [5.41, 5.74) is 2.79. The second-order valence-corrected chi connectivity index (χ2v) is 5.69. The molecule has 0 aliphatic rings. The highest BCUT2D eigenvalue weighted by Crippen LogP contribution is 2.32. The Morgan fingerprint density at radius 2 is 2.13 bits per heavy atom. The van der Waals surface area contributed by atoms with Crippen LogP contribution in [0.1, 0.15) is 5.56 Å². The van der Waals surface area contributed by atoms with Gasteiger partial charge in [0.25, 0.3) is 5.91 Å². The first-order chi connectivity index (χ1) is 11.1. The van der Waals surface area contributed by atoms with Gasteiger partial charge >= 0.3 is 0 Å². The summed E-state index contributed by atoms with van der Waals surface area (Å²) in [5, 5.41) is 5.14. The SMILES string of the molecule is COCCOCC(=O)Nc1nc(-c2cc(C)ccc2OC)cs1. The number of thiazole rings is 1. The maximum atomic E-state index is 11.8. The van der Waals surface area contributed by atoms with Gasteiger partial charge in [0.05, 0.1) is 26.0 Å². The van der Waals surface area contributed by atoms with Gasteiger partial charge in [0, 0.05) is 18.1 Å². The molecule has 1 amide bonds. The fraction of sp³-hybridized carbons (Fsp3) is 0.375. The monoisotopic (exact) mass is 336 g/mol. The van der Waals surface area contributed by atoms with E-state index in [1.54, 1.807) is 14.2 Å². The van der Waals surface area contributed by atoms with Gasteiger partial charge in [-0.3, -0.25) is 10.1 Å². The van der Waals surface area contributed by atoms with E-state index < -0.39 is 0 Å². The Bertz CT molecular complexity index is 657. The minimum Gasteiger partial charge on any atom is -0.496 e. The lowest BCUT2D eigenvalue weighted by atomic mass is 10.1. The Balaban J connectivity index is 2.01. The van der Waals surface area contributed by atoms with Crippen LogP contribution in [0.25, 0.3) is 11.3 Å². The number of aryl methyl sites for hydroxylation is 1. The number of aromatic nitrogens is 1. The van der Waals surface area contributed by atoms with Crippen LogP contribution in [0.4, 0.5) is 5.13 Å². The molecule has 1 aromatic heterocycles. The predicted molar refractivity (Wildman–Crippen MR) is 90.2 cm³/mol. The van der Waals surface area contributed by atoms with E-state index in [0.717, 1.165) is 22.6 Å². The molecule has 23 heavy (non-hydrogen) atoms. The molecule has 2 rings (SSSR count). The lowest BCUT2D eigenvalue weighted by molar-refractivity contribution is -0.121. The number of carbonyl (C=O) groups excluding carboxylic acids is 1. The summed E-state index contributed by atoms with van der Waals surface area (Å²) in [6.07, 6.45) is 0. The highest BCUT2D eigenvalue weighted by molar-refractivity contribution is 7.14. The largest absolute Gasteiger partial charge is 0.496 e. The van der Waals surface area contributed by atoms with Crippen molar-refractivity contribution >= 4 is 22.4 Å². The number of rotatable bonds is 8. The molecule has 2 aromatic rings. The standard InChI is InChI=1S/C16H20N2O4S/c1-11-4-5-14(21-3)12(8-11)13-10-23-16(17-13)18-15(19)9-22-7-6-20-2/h4-5,8,10H,6-7,9H2,1-3H3,(H,17,18,19). The predicted octanol–water partition coefficient (Wildman–Crippen LogP) is 2.73. The van der Waals surface area contributed by atoms with E-state index >= 15 is 0 Å². The highest BCUT2D eigenvalue weighted by atomic mass is 32.1. The molecule has 0 saturated heterocycles. The van der Waals surface area contributed by atoms with Crippen LogP contribution in [0.5, 0.6) is 5.75 Å². The third kappa shape index (κ3) is 5.02. The average Bonchev–Trinajstić information content (AvgIpc) is 3.00. The number of nitrogens with zero attached hydrogens (tertiary/aromatic N) is 1. The van der Waals surface area contributed by atoms with Crippen molar-refractivity contribution in [2.24, 2.45) is 0 Å².